The predicted octanol–water partition coefficient (Wildman–Crippen LogP) is 4.23. The molecule has 3 aromatic heterocycles. The highest BCUT2D eigenvalue weighted by Crippen LogP contribution is 2.28. The molecule has 3 rings (SSSR count). The van der Waals surface area contributed by atoms with Crippen LogP contribution in [0.2, 0.25) is 5.02 Å². The van der Waals surface area contributed by atoms with Crippen molar-refractivity contribution < 1.29 is 9.18 Å². The van der Waals surface area contributed by atoms with Crippen LogP contribution in [0.25, 0.3) is 22.4 Å². The third-order valence-electron chi connectivity index (χ3n) is 3.93. The Morgan fingerprint density at radius 2 is 2.08 bits per heavy atom. The van der Waals surface area contributed by atoms with Crippen molar-refractivity contribution >= 4 is 34.2 Å². The minimum atomic E-state index is -0.617. The fourth-order valence-corrected chi connectivity index (χ4v) is 2.78. The summed E-state index contributed by atoms with van der Waals surface area (Å²) in [6, 6.07) is 1.19. The molecule has 0 bridgehead atoms. The average Bonchev–Trinajstić information content (AvgIpc) is 2.99. The maximum atomic E-state index is 14.1. The predicted molar refractivity (Wildman–Crippen MR) is 99.6 cm³/mol. The highest BCUT2D eigenvalue weighted by molar-refractivity contribution is 6.31. The summed E-state index contributed by atoms with van der Waals surface area (Å²) in [5, 5.41) is 4.06. The van der Waals surface area contributed by atoms with Gasteiger partial charge >= 0.3 is 0 Å². The molecule has 0 saturated carbocycles. The Kier molecular flexibility index (Phi) is 5.18. The van der Waals surface area contributed by atoms with E-state index in [4.69, 9.17) is 11.6 Å². The zero-order valence-electron chi connectivity index (χ0n) is 14.7. The number of aromatic nitrogens is 4. The number of fused-ring (bicyclic) bond motifs is 1. The molecule has 3 aromatic rings. The molecule has 8 heteroatoms. The van der Waals surface area contributed by atoms with E-state index in [9.17, 15) is 9.18 Å². The van der Waals surface area contributed by atoms with E-state index in [1.165, 1.54) is 6.20 Å². The minimum Gasteiger partial charge on any atom is -0.358 e. The number of pyridine rings is 1. The number of halogens is 2. The first-order valence-electron chi connectivity index (χ1n) is 8.30. The second-order valence-corrected chi connectivity index (χ2v) is 7.01. The third kappa shape index (κ3) is 3.83. The molecular weight excluding hydrogens is 357 g/mol. The molecule has 0 aliphatic carbocycles. The van der Waals surface area contributed by atoms with E-state index < -0.39 is 11.9 Å². The summed E-state index contributed by atoms with van der Waals surface area (Å²) >= 11 is 6.01. The summed E-state index contributed by atoms with van der Waals surface area (Å²) in [6.45, 7) is 5.62. The van der Waals surface area contributed by atoms with Crippen molar-refractivity contribution in [2.24, 2.45) is 5.92 Å². The smallest absolute Gasteiger partial charge is 0.183 e. The fraction of sp³-hybridized carbons (Fsp3) is 0.333. The van der Waals surface area contributed by atoms with E-state index in [-0.39, 0.29) is 17.5 Å². The zero-order valence-corrected chi connectivity index (χ0v) is 15.4. The molecule has 0 aromatic carbocycles. The van der Waals surface area contributed by atoms with Crippen molar-refractivity contribution in [2.45, 2.75) is 33.2 Å². The molecule has 6 nitrogen and oxygen atoms in total. The highest BCUT2D eigenvalue weighted by Gasteiger charge is 2.18. The number of carbonyl (C=O) groups excluding carboxylic acids is 1. The maximum Gasteiger partial charge on any atom is 0.183 e. The zero-order chi connectivity index (χ0) is 18.8. The number of hydrogen-bond donors (Lipinski definition) is 2. The number of anilines is 1. The Bertz CT molecular complexity index is 956. The molecule has 3 heterocycles. The van der Waals surface area contributed by atoms with E-state index in [2.05, 4.69) is 25.3 Å². The number of rotatable bonds is 6. The Balaban J connectivity index is 1.92. The van der Waals surface area contributed by atoms with Gasteiger partial charge in [0, 0.05) is 29.8 Å². The summed E-state index contributed by atoms with van der Waals surface area (Å²) < 4.78 is 14.1. The van der Waals surface area contributed by atoms with Gasteiger partial charge in [-0.05, 0) is 18.9 Å². The van der Waals surface area contributed by atoms with E-state index >= 15 is 0 Å². The summed E-state index contributed by atoms with van der Waals surface area (Å²) in [4.78, 5) is 27.7. The first kappa shape index (κ1) is 18.3. The molecule has 0 aliphatic rings. The molecule has 26 heavy (non-hydrogen) atoms. The van der Waals surface area contributed by atoms with Gasteiger partial charge in [0.15, 0.2) is 23.2 Å². The number of ketones is 1. The Morgan fingerprint density at radius 3 is 2.81 bits per heavy atom. The number of hydrogen-bond acceptors (Lipinski definition) is 5. The van der Waals surface area contributed by atoms with Crippen LogP contribution in [-0.2, 0) is 4.79 Å². The number of carbonyl (C=O) groups is 1. The van der Waals surface area contributed by atoms with Crippen LogP contribution in [0.4, 0.5) is 10.2 Å². The SMILES string of the molecule is CC(C)CC(=O)[C@H](C)Nc1nc(-c2c[nH]c3ncc(Cl)cc23)ncc1F. The molecule has 136 valence electrons. The number of nitrogens with zero attached hydrogens (tertiary/aromatic N) is 3. The van der Waals surface area contributed by atoms with Crippen LogP contribution in [0.15, 0.2) is 24.7 Å². The van der Waals surface area contributed by atoms with Gasteiger partial charge in [0.1, 0.15) is 5.65 Å². The van der Waals surface area contributed by atoms with Crippen molar-refractivity contribution in [1.29, 1.82) is 0 Å². The van der Waals surface area contributed by atoms with Crippen LogP contribution < -0.4 is 5.32 Å². The molecular formula is C18H19ClFN5O. The van der Waals surface area contributed by atoms with E-state index in [1.807, 2.05) is 13.8 Å². The first-order valence-corrected chi connectivity index (χ1v) is 8.67. The van der Waals surface area contributed by atoms with Crippen molar-refractivity contribution in [2.75, 3.05) is 5.32 Å². The standard InChI is InChI=1S/C18H19ClFN5O/c1-9(2)4-15(26)10(3)24-18-14(20)8-23-17(25-18)13-7-22-16-12(13)5-11(19)6-21-16/h5-10H,4H2,1-3H3,(H,21,22)(H,23,24,25)/t10-/m0/s1. The van der Waals surface area contributed by atoms with Gasteiger partial charge in [0.05, 0.1) is 17.3 Å². The van der Waals surface area contributed by atoms with Gasteiger partial charge in [0.25, 0.3) is 0 Å². The summed E-state index contributed by atoms with van der Waals surface area (Å²) in [5.41, 5.74) is 1.28. The molecule has 0 radical (unpaired) electrons. The Morgan fingerprint density at radius 1 is 1.31 bits per heavy atom. The van der Waals surface area contributed by atoms with Crippen molar-refractivity contribution in [3.8, 4) is 11.4 Å². The topological polar surface area (TPSA) is 83.6 Å². The van der Waals surface area contributed by atoms with Gasteiger partial charge in [-0.2, -0.15) is 0 Å². The van der Waals surface area contributed by atoms with E-state index in [1.54, 1.807) is 19.2 Å². The Labute approximate surface area is 155 Å². The lowest BCUT2D eigenvalue weighted by molar-refractivity contribution is -0.120. The first-order chi connectivity index (χ1) is 12.3. The molecule has 0 spiro atoms. The van der Waals surface area contributed by atoms with Gasteiger partial charge in [-0.3, -0.25) is 4.79 Å². The number of aromatic amines is 1. The number of nitrogens with one attached hydrogen (secondary N) is 2. The second kappa shape index (κ2) is 7.37. The normalized spacial score (nSPS) is 12.5. The van der Waals surface area contributed by atoms with Gasteiger partial charge < -0.3 is 10.3 Å². The molecule has 0 aliphatic heterocycles. The van der Waals surface area contributed by atoms with Crippen molar-refractivity contribution in [3.63, 3.8) is 0 Å². The molecule has 2 N–H and O–H groups in total. The van der Waals surface area contributed by atoms with Crippen molar-refractivity contribution in [3.05, 3.63) is 35.5 Å². The van der Waals surface area contributed by atoms with Crippen LogP contribution in [0.1, 0.15) is 27.2 Å². The van der Waals surface area contributed by atoms with Gasteiger partial charge in [-0.15, -0.1) is 0 Å². The highest BCUT2D eigenvalue weighted by atomic mass is 35.5. The second-order valence-electron chi connectivity index (χ2n) is 6.57. The third-order valence-corrected chi connectivity index (χ3v) is 4.14. The Hall–Kier alpha value is -2.54. The monoisotopic (exact) mass is 375 g/mol. The lowest BCUT2D eigenvalue weighted by Gasteiger charge is -2.15. The maximum absolute atomic E-state index is 14.1. The van der Waals surface area contributed by atoms with Crippen LogP contribution in [0, 0.1) is 11.7 Å². The molecule has 0 fully saturated rings. The van der Waals surface area contributed by atoms with Gasteiger partial charge in [-0.1, -0.05) is 25.4 Å². The van der Waals surface area contributed by atoms with Crippen LogP contribution >= 0.6 is 11.6 Å². The fourth-order valence-electron chi connectivity index (χ4n) is 2.63. The number of H-pyrrole nitrogens is 1. The summed E-state index contributed by atoms with van der Waals surface area (Å²) in [5.74, 6) is -0.0747. The van der Waals surface area contributed by atoms with E-state index in [0.717, 1.165) is 11.6 Å². The summed E-state index contributed by atoms with van der Waals surface area (Å²) in [6.07, 6.45) is 4.73. The lowest BCUT2D eigenvalue weighted by atomic mass is 10.0. The molecule has 1 atom stereocenters. The lowest BCUT2D eigenvalue weighted by Crippen LogP contribution is -2.28. The molecule has 0 saturated heterocycles. The van der Waals surface area contributed by atoms with Gasteiger partial charge in [0.2, 0.25) is 0 Å². The minimum absolute atomic E-state index is 0.00244. The van der Waals surface area contributed by atoms with Crippen LogP contribution in [0.3, 0.4) is 0 Å². The van der Waals surface area contributed by atoms with Crippen LogP contribution in [-0.4, -0.2) is 31.8 Å². The average molecular weight is 376 g/mol. The van der Waals surface area contributed by atoms with Gasteiger partial charge in [-0.25, -0.2) is 19.3 Å². The summed E-state index contributed by atoms with van der Waals surface area (Å²) in [7, 11) is 0. The molecule has 0 unspecified atom stereocenters. The largest absolute Gasteiger partial charge is 0.358 e. The number of Topliss-reactive ketones (excluding diaryl/α,β-unsaturated/α-hetero) is 1. The quantitative estimate of drug-likeness (QED) is 0.673. The van der Waals surface area contributed by atoms with Crippen LogP contribution in [0.5, 0.6) is 0 Å². The van der Waals surface area contributed by atoms with E-state index in [0.29, 0.717) is 28.5 Å². The van der Waals surface area contributed by atoms with Crippen molar-refractivity contribution in [1.82, 2.24) is 19.9 Å². The molecule has 0 amide bonds.